The zero-order valence-electron chi connectivity index (χ0n) is 17.2. The number of aromatic nitrogens is 2. The van der Waals surface area contributed by atoms with Crippen LogP contribution in [0.5, 0.6) is 5.75 Å². The third-order valence-corrected chi connectivity index (χ3v) is 4.33. The SMILES string of the molecule is CN=C(NCCc1ccccc1OC)N(C)Cc1cn(C)nc1C(C)C.I. The maximum Gasteiger partial charge on any atom is 0.193 e. The van der Waals surface area contributed by atoms with Crippen LogP contribution in [0.3, 0.4) is 0 Å². The van der Waals surface area contributed by atoms with E-state index in [4.69, 9.17) is 4.74 Å². The number of ether oxygens (including phenoxy) is 1. The molecule has 0 radical (unpaired) electrons. The summed E-state index contributed by atoms with van der Waals surface area (Å²) in [7, 11) is 7.54. The number of halogens is 1. The molecule has 27 heavy (non-hydrogen) atoms. The van der Waals surface area contributed by atoms with Crippen LogP contribution in [0.4, 0.5) is 0 Å². The summed E-state index contributed by atoms with van der Waals surface area (Å²) in [6.07, 6.45) is 2.97. The second-order valence-corrected chi connectivity index (χ2v) is 6.76. The molecule has 2 aromatic rings. The van der Waals surface area contributed by atoms with Gasteiger partial charge in [-0.05, 0) is 24.0 Å². The van der Waals surface area contributed by atoms with Crippen LogP contribution in [0, 0.1) is 0 Å². The van der Waals surface area contributed by atoms with Crippen molar-refractivity contribution in [1.29, 1.82) is 0 Å². The fraction of sp³-hybridized carbons (Fsp3) is 0.500. The van der Waals surface area contributed by atoms with Crippen molar-refractivity contribution in [2.24, 2.45) is 12.0 Å². The van der Waals surface area contributed by atoms with Gasteiger partial charge in [0, 0.05) is 46.0 Å². The molecule has 0 aliphatic carbocycles. The van der Waals surface area contributed by atoms with Gasteiger partial charge in [-0.25, -0.2) is 0 Å². The summed E-state index contributed by atoms with van der Waals surface area (Å²) in [5.41, 5.74) is 3.57. The van der Waals surface area contributed by atoms with Gasteiger partial charge < -0.3 is 15.0 Å². The molecule has 0 saturated carbocycles. The second-order valence-electron chi connectivity index (χ2n) is 6.76. The van der Waals surface area contributed by atoms with Crippen molar-refractivity contribution in [3.8, 4) is 5.75 Å². The molecular weight excluding hydrogens is 453 g/mol. The zero-order valence-corrected chi connectivity index (χ0v) is 19.5. The second kappa shape index (κ2) is 11.2. The average molecular weight is 485 g/mol. The minimum absolute atomic E-state index is 0. The highest BCUT2D eigenvalue weighted by Crippen LogP contribution is 2.19. The van der Waals surface area contributed by atoms with E-state index in [-0.39, 0.29) is 24.0 Å². The number of methoxy groups -OCH3 is 1. The van der Waals surface area contributed by atoms with Gasteiger partial charge in [-0.15, -0.1) is 24.0 Å². The number of nitrogens with one attached hydrogen (secondary N) is 1. The Kier molecular flexibility index (Phi) is 9.62. The molecule has 150 valence electrons. The predicted molar refractivity (Wildman–Crippen MR) is 122 cm³/mol. The first-order valence-electron chi connectivity index (χ1n) is 9.02. The van der Waals surface area contributed by atoms with Crippen LogP contribution in [0.1, 0.15) is 36.6 Å². The minimum atomic E-state index is 0. The lowest BCUT2D eigenvalue weighted by Crippen LogP contribution is -2.39. The number of nitrogens with zero attached hydrogens (tertiary/aromatic N) is 4. The normalized spacial score (nSPS) is 11.3. The Labute approximate surface area is 180 Å². The van der Waals surface area contributed by atoms with Gasteiger partial charge in [-0.3, -0.25) is 9.67 Å². The summed E-state index contributed by atoms with van der Waals surface area (Å²) in [6, 6.07) is 8.11. The molecule has 1 aromatic heterocycles. The molecule has 0 spiro atoms. The van der Waals surface area contributed by atoms with Crippen LogP contribution in [0.2, 0.25) is 0 Å². The summed E-state index contributed by atoms with van der Waals surface area (Å²) < 4.78 is 7.30. The van der Waals surface area contributed by atoms with Gasteiger partial charge in [-0.1, -0.05) is 32.0 Å². The molecule has 0 aliphatic rings. The van der Waals surface area contributed by atoms with E-state index in [1.165, 1.54) is 11.1 Å². The maximum absolute atomic E-state index is 5.42. The Morgan fingerprint density at radius 1 is 1.30 bits per heavy atom. The molecule has 0 amide bonds. The van der Waals surface area contributed by atoms with Gasteiger partial charge in [0.1, 0.15) is 5.75 Å². The number of aliphatic imine (C=N–C) groups is 1. The molecule has 0 saturated heterocycles. The fourth-order valence-corrected chi connectivity index (χ4v) is 3.10. The highest BCUT2D eigenvalue weighted by molar-refractivity contribution is 14.0. The standard InChI is InChI=1S/C20H31N5O.HI/c1-15(2)19-17(14-25(5)23-19)13-24(4)20(21-3)22-12-11-16-9-7-8-10-18(16)26-6;/h7-10,14-15H,11-13H2,1-6H3,(H,21,22);1H. The van der Waals surface area contributed by atoms with Gasteiger partial charge in [-0.2, -0.15) is 5.10 Å². The molecule has 0 atom stereocenters. The molecule has 0 fully saturated rings. The first kappa shape index (κ1) is 23.3. The Bertz CT molecular complexity index is 742. The number of aryl methyl sites for hydroxylation is 1. The summed E-state index contributed by atoms with van der Waals surface area (Å²) in [5, 5.41) is 8.02. The molecule has 1 aromatic carbocycles. The lowest BCUT2D eigenvalue weighted by atomic mass is 10.1. The monoisotopic (exact) mass is 485 g/mol. The zero-order chi connectivity index (χ0) is 19.1. The van der Waals surface area contributed by atoms with Gasteiger partial charge in [0.05, 0.1) is 12.8 Å². The summed E-state index contributed by atoms with van der Waals surface area (Å²) in [4.78, 5) is 6.54. The molecule has 7 heteroatoms. The first-order valence-corrected chi connectivity index (χ1v) is 9.02. The van der Waals surface area contributed by atoms with E-state index >= 15 is 0 Å². The van der Waals surface area contributed by atoms with Crippen LogP contribution < -0.4 is 10.1 Å². The summed E-state index contributed by atoms with van der Waals surface area (Å²) in [5.74, 6) is 2.20. The molecule has 6 nitrogen and oxygen atoms in total. The van der Waals surface area contributed by atoms with E-state index in [9.17, 15) is 0 Å². The molecule has 1 heterocycles. The van der Waals surface area contributed by atoms with E-state index in [0.29, 0.717) is 5.92 Å². The largest absolute Gasteiger partial charge is 0.496 e. The minimum Gasteiger partial charge on any atom is -0.496 e. The van der Waals surface area contributed by atoms with Crippen molar-refractivity contribution in [1.82, 2.24) is 20.0 Å². The van der Waals surface area contributed by atoms with Crippen LogP contribution in [-0.2, 0) is 20.0 Å². The smallest absolute Gasteiger partial charge is 0.193 e. The Balaban J connectivity index is 0.00000364. The van der Waals surface area contributed by atoms with Crippen LogP contribution in [0.15, 0.2) is 35.5 Å². The van der Waals surface area contributed by atoms with Crippen LogP contribution in [-0.4, -0.2) is 48.4 Å². The Morgan fingerprint density at radius 3 is 2.63 bits per heavy atom. The molecule has 0 aliphatic heterocycles. The highest BCUT2D eigenvalue weighted by atomic mass is 127. The molecule has 2 rings (SSSR count). The van der Waals surface area contributed by atoms with E-state index < -0.39 is 0 Å². The molecule has 0 bridgehead atoms. The van der Waals surface area contributed by atoms with E-state index in [1.807, 2.05) is 37.0 Å². The van der Waals surface area contributed by atoms with Crippen molar-refractivity contribution in [3.05, 3.63) is 47.3 Å². The number of hydrogen-bond donors (Lipinski definition) is 1. The molecule has 1 N–H and O–H groups in total. The highest BCUT2D eigenvalue weighted by Gasteiger charge is 2.15. The van der Waals surface area contributed by atoms with Crippen molar-refractivity contribution in [3.63, 3.8) is 0 Å². The van der Waals surface area contributed by atoms with E-state index in [2.05, 4.69) is 53.5 Å². The fourth-order valence-electron chi connectivity index (χ4n) is 3.10. The van der Waals surface area contributed by atoms with Gasteiger partial charge in [0.25, 0.3) is 0 Å². The Morgan fingerprint density at radius 2 is 2.00 bits per heavy atom. The summed E-state index contributed by atoms with van der Waals surface area (Å²) >= 11 is 0. The number of hydrogen-bond acceptors (Lipinski definition) is 3. The van der Waals surface area contributed by atoms with E-state index in [0.717, 1.165) is 36.9 Å². The first-order chi connectivity index (χ1) is 12.5. The van der Waals surface area contributed by atoms with Crippen molar-refractivity contribution < 1.29 is 4.74 Å². The number of para-hydroxylation sites is 1. The Hall–Kier alpha value is -1.77. The lowest BCUT2D eigenvalue weighted by molar-refractivity contribution is 0.409. The van der Waals surface area contributed by atoms with Crippen molar-refractivity contribution in [2.45, 2.75) is 32.7 Å². The summed E-state index contributed by atoms with van der Waals surface area (Å²) in [6.45, 7) is 5.91. The van der Waals surface area contributed by atoms with Crippen molar-refractivity contribution in [2.75, 3.05) is 27.7 Å². The molecule has 0 unspecified atom stereocenters. The number of rotatable bonds is 7. The third kappa shape index (κ3) is 6.41. The number of benzene rings is 1. The van der Waals surface area contributed by atoms with Gasteiger partial charge >= 0.3 is 0 Å². The predicted octanol–water partition coefficient (Wildman–Crippen LogP) is 3.42. The third-order valence-electron chi connectivity index (χ3n) is 4.33. The lowest BCUT2D eigenvalue weighted by Gasteiger charge is -2.22. The van der Waals surface area contributed by atoms with E-state index in [1.54, 1.807) is 7.11 Å². The molecular formula is C20H32IN5O. The van der Waals surface area contributed by atoms with Crippen LogP contribution >= 0.6 is 24.0 Å². The van der Waals surface area contributed by atoms with Crippen molar-refractivity contribution >= 4 is 29.9 Å². The van der Waals surface area contributed by atoms with Gasteiger partial charge in [0.15, 0.2) is 5.96 Å². The topological polar surface area (TPSA) is 54.7 Å². The number of guanidine groups is 1. The quantitative estimate of drug-likeness (QED) is 0.371. The van der Waals surface area contributed by atoms with Gasteiger partial charge in [0.2, 0.25) is 0 Å². The average Bonchev–Trinajstić information content (AvgIpc) is 2.99. The maximum atomic E-state index is 5.42. The van der Waals surface area contributed by atoms with Crippen LogP contribution in [0.25, 0.3) is 0 Å².